The summed E-state index contributed by atoms with van der Waals surface area (Å²) in [6.07, 6.45) is 3.16. The van der Waals surface area contributed by atoms with E-state index < -0.39 is 22.7 Å². The number of ether oxygens (including phenoxy) is 2. The number of carboxylic acids is 1. The minimum absolute atomic E-state index is 0.0863. The van der Waals surface area contributed by atoms with Gasteiger partial charge in [0.2, 0.25) is 0 Å². The van der Waals surface area contributed by atoms with Crippen LogP contribution in [-0.2, 0) is 14.9 Å². The van der Waals surface area contributed by atoms with Gasteiger partial charge >= 0.3 is 16.1 Å². The maximum Gasteiger partial charge on any atom is 0.341 e. The van der Waals surface area contributed by atoms with Crippen LogP contribution in [0.2, 0.25) is 0 Å². The molecule has 1 heterocycles. The molecule has 2 aromatic carbocycles. The van der Waals surface area contributed by atoms with Crippen molar-refractivity contribution in [3.8, 4) is 17.2 Å². The number of benzene rings is 2. The number of nitrogens with zero attached hydrogens (tertiary/aromatic N) is 2. The smallest absolute Gasteiger partial charge is 0.341 e. The molecule has 2 N–H and O–H groups in total. The second kappa shape index (κ2) is 10.4. The Labute approximate surface area is 184 Å². The van der Waals surface area contributed by atoms with Gasteiger partial charge in [0.05, 0.1) is 18.1 Å². The zero-order valence-electron chi connectivity index (χ0n) is 17.1. The Morgan fingerprint density at radius 2 is 1.84 bits per heavy atom. The van der Waals surface area contributed by atoms with Crippen LogP contribution in [0, 0.1) is 6.92 Å². The highest BCUT2D eigenvalue weighted by Crippen LogP contribution is 2.27. The molecule has 1 aromatic heterocycles. The number of aryl methyl sites for hydroxylation is 1. The van der Waals surface area contributed by atoms with Crippen molar-refractivity contribution in [2.75, 3.05) is 25.1 Å². The number of anilines is 1. The zero-order valence-corrected chi connectivity index (χ0v) is 17.9. The average molecular weight is 459 g/mol. The average Bonchev–Trinajstić information content (AvgIpc) is 2.75. The summed E-state index contributed by atoms with van der Waals surface area (Å²) in [4.78, 5) is 10.5. The summed E-state index contributed by atoms with van der Waals surface area (Å²) < 4.78 is 41.3. The number of carbonyl (C=O) groups is 1. The first-order valence-corrected chi connectivity index (χ1v) is 10.9. The standard InChI is InChI=1S/C21H21N3O7S/c1-15-9-18(29-8-7-22-16-5-6-23-24-13-16)11-19(10-15)31-32(27,28)20-4-2-3-17(12-20)30-14-21(25)26/h2-6,9-13H,7-8,14H2,1H3,(H,22,23)(H,25,26). The van der Waals surface area contributed by atoms with Gasteiger partial charge in [-0.2, -0.15) is 18.6 Å². The molecule has 3 rings (SSSR count). The van der Waals surface area contributed by atoms with E-state index in [-0.39, 0.29) is 16.4 Å². The molecule has 0 aliphatic rings. The summed E-state index contributed by atoms with van der Waals surface area (Å²) in [7, 11) is -4.18. The Kier molecular flexibility index (Phi) is 7.45. The minimum Gasteiger partial charge on any atom is -0.492 e. The van der Waals surface area contributed by atoms with Crippen molar-refractivity contribution in [1.29, 1.82) is 0 Å². The van der Waals surface area contributed by atoms with Crippen LogP contribution >= 0.6 is 0 Å². The van der Waals surface area contributed by atoms with Crippen molar-refractivity contribution in [3.05, 3.63) is 66.5 Å². The van der Waals surface area contributed by atoms with E-state index in [4.69, 9.17) is 18.8 Å². The third-order valence-electron chi connectivity index (χ3n) is 3.97. The highest BCUT2D eigenvalue weighted by molar-refractivity contribution is 7.87. The van der Waals surface area contributed by atoms with Gasteiger partial charge in [-0.3, -0.25) is 0 Å². The molecule has 10 nitrogen and oxygen atoms in total. The van der Waals surface area contributed by atoms with E-state index >= 15 is 0 Å². The van der Waals surface area contributed by atoms with Crippen molar-refractivity contribution in [2.24, 2.45) is 0 Å². The van der Waals surface area contributed by atoms with E-state index in [1.54, 1.807) is 37.5 Å². The fourth-order valence-corrected chi connectivity index (χ4v) is 3.60. The lowest BCUT2D eigenvalue weighted by Gasteiger charge is -2.12. The van der Waals surface area contributed by atoms with E-state index in [1.165, 1.54) is 30.3 Å². The summed E-state index contributed by atoms with van der Waals surface area (Å²) in [5, 5.41) is 19.3. The molecule has 0 amide bonds. The van der Waals surface area contributed by atoms with Crippen molar-refractivity contribution in [1.82, 2.24) is 10.2 Å². The fraction of sp³-hybridized carbons (Fsp3) is 0.190. The van der Waals surface area contributed by atoms with Crippen molar-refractivity contribution in [2.45, 2.75) is 11.8 Å². The monoisotopic (exact) mass is 459 g/mol. The molecule has 11 heteroatoms. The van der Waals surface area contributed by atoms with Gasteiger partial charge in [-0.25, -0.2) is 4.79 Å². The van der Waals surface area contributed by atoms with Gasteiger partial charge in [0.15, 0.2) is 6.61 Å². The molecule has 0 fully saturated rings. The number of rotatable bonds is 11. The zero-order chi connectivity index (χ0) is 23.0. The lowest BCUT2D eigenvalue weighted by Crippen LogP contribution is -2.13. The van der Waals surface area contributed by atoms with Gasteiger partial charge in [-0.15, -0.1) is 0 Å². The number of hydrogen-bond donors (Lipinski definition) is 2. The highest BCUT2D eigenvalue weighted by Gasteiger charge is 2.18. The summed E-state index contributed by atoms with van der Waals surface area (Å²) in [5.41, 5.74) is 1.55. The van der Waals surface area contributed by atoms with E-state index in [0.717, 1.165) is 11.3 Å². The molecule has 0 aliphatic carbocycles. The Bertz CT molecular complexity index is 1170. The van der Waals surface area contributed by atoms with E-state index in [2.05, 4.69) is 15.5 Å². The SMILES string of the molecule is Cc1cc(OCCNc2ccnnc2)cc(OS(=O)(=O)c2cccc(OCC(=O)O)c2)c1. The molecule has 0 spiro atoms. The summed E-state index contributed by atoms with van der Waals surface area (Å²) in [6, 6.07) is 12.0. The van der Waals surface area contributed by atoms with Crippen molar-refractivity contribution in [3.63, 3.8) is 0 Å². The lowest BCUT2D eigenvalue weighted by atomic mass is 10.2. The Morgan fingerprint density at radius 1 is 1.03 bits per heavy atom. The molecular weight excluding hydrogens is 438 g/mol. The summed E-state index contributed by atoms with van der Waals surface area (Å²) in [6.45, 7) is 2.02. The molecule has 0 aliphatic heterocycles. The fourth-order valence-electron chi connectivity index (χ4n) is 2.64. The van der Waals surface area contributed by atoms with E-state index in [0.29, 0.717) is 18.9 Å². The topological polar surface area (TPSA) is 137 Å². The van der Waals surface area contributed by atoms with Crippen LogP contribution in [-0.4, -0.2) is 49.4 Å². The first-order valence-electron chi connectivity index (χ1n) is 9.46. The molecule has 168 valence electrons. The Balaban J connectivity index is 1.64. The van der Waals surface area contributed by atoms with Gasteiger partial charge in [0.1, 0.15) is 28.8 Å². The molecule has 0 saturated carbocycles. The second-order valence-electron chi connectivity index (χ2n) is 6.58. The summed E-state index contributed by atoms with van der Waals surface area (Å²) >= 11 is 0. The molecular formula is C21H21N3O7S. The highest BCUT2D eigenvalue weighted by atomic mass is 32.2. The number of hydrogen-bond acceptors (Lipinski definition) is 9. The van der Waals surface area contributed by atoms with Crippen LogP contribution < -0.4 is 19.0 Å². The largest absolute Gasteiger partial charge is 0.492 e. The maximum atomic E-state index is 12.7. The molecule has 3 aromatic rings. The van der Waals surface area contributed by atoms with Gasteiger partial charge in [0, 0.05) is 18.7 Å². The predicted octanol–water partition coefficient (Wildman–Crippen LogP) is 2.51. The molecule has 0 atom stereocenters. The van der Waals surface area contributed by atoms with E-state index in [9.17, 15) is 13.2 Å². The molecule has 0 bridgehead atoms. The third-order valence-corrected chi connectivity index (χ3v) is 5.21. The maximum absolute atomic E-state index is 12.7. The normalized spacial score (nSPS) is 10.9. The van der Waals surface area contributed by atoms with Crippen LogP contribution in [0.4, 0.5) is 5.69 Å². The molecule has 32 heavy (non-hydrogen) atoms. The van der Waals surface area contributed by atoms with Crippen LogP contribution in [0.25, 0.3) is 0 Å². The van der Waals surface area contributed by atoms with Crippen LogP contribution in [0.3, 0.4) is 0 Å². The predicted molar refractivity (Wildman–Crippen MR) is 115 cm³/mol. The molecule has 0 radical (unpaired) electrons. The molecule has 0 saturated heterocycles. The number of aliphatic carboxylic acids is 1. The Hall–Kier alpha value is -3.86. The number of aromatic nitrogens is 2. The summed E-state index contributed by atoms with van der Waals surface area (Å²) in [5.74, 6) is -0.539. The van der Waals surface area contributed by atoms with Crippen molar-refractivity contribution < 1.29 is 32.0 Å². The minimum atomic E-state index is -4.18. The van der Waals surface area contributed by atoms with E-state index in [1.807, 2.05) is 0 Å². The van der Waals surface area contributed by atoms with Crippen molar-refractivity contribution >= 4 is 21.8 Å². The van der Waals surface area contributed by atoms with Crippen LogP contribution in [0.5, 0.6) is 17.2 Å². The first kappa shape index (κ1) is 22.8. The van der Waals surface area contributed by atoms with Crippen LogP contribution in [0.1, 0.15) is 5.56 Å². The van der Waals surface area contributed by atoms with Gasteiger partial charge in [-0.05, 0) is 42.8 Å². The van der Waals surface area contributed by atoms with Gasteiger partial charge in [-0.1, -0.05) is 6.07 Å². The quantitative estimate of drug-likeness (QED) is 0.325. The second-order valence-corrected chi connectivity index (χ2v) is 8.13. The lowest BCUT2D eigenvalue weighted by molar-refractivity contribution is -0.139. The third kappa shape index (κ3) is 6.84. The molecule has 0 unspecified atom stereocenters. The Morgan fingerprint density at radius 3 is 2.59 bits per heavy atom. The first-order chi connectivity index (χ1) is 15.3. The van der Waals surface area contributed by atoms with Crippen LogP contribution in [0.15, 0.2) is 65.8 Å². The number of carboxylic acid groups (broad SMARTS) is 1. The van der Waals surface area contributed by atoms with Gasteiger partial charge < -0.3 is 24.1 Å². The van der Waals surface area contributed by atoms with Gasteiger partial charge in [0.25, 0.3) is 0 Å². The number of nitrogens with one attached hydrogen (secondary N) is 1.